The van der Waals surface area contributed by atoms with Gasteiger partial charge < -0.3 is 10.1 Å². The van der Waals surface area contributed by atoms with Crippen LogP contribution in [0.15, 0.2) is 17.6 Å². The number of hydrogen-bond acceptors (Lipinski definition) is 4. The summed E-state index contributed by atoms with van der Waals surface area (Å²) >= 11 is 0. The third-order valence-corrected chi connectivity index (χ3v) is 4.98. The number of hydrogen-bond donors (Lipinski definition) is 3. The maximum atomic E-state index is 11.9. The number of rotatable bonds is 5. The largest absolute Gasteiger partial charge is 0.396 e. The van der Waals surface area contributed by atoms with Gasteiger partial charge in [-0.25, -0.2) is 18.1 Å². The fraction of sp³-hybridized carbons (Fsp3) is 0.727. The van der Waals surface area contributed by atoms with Crippen molar-refractivity contribution in [3.8, 4) is 0 Å². The van der Waals surface area contributed by atoms with Gasteiger partial charge in [-0.05, 0) is 12.8 Å². The summed E-state index contributed by atoms with van der Waals surface area (Å²) in [5, 5.41) is 9.58. The average molecular weight is 273 g/mol. The highest BCUT2D eigenvalue weighted by molar-refractivity contribution is 7.89. The number of aromatic nitrogens is 2. The Morgan fingerprint density at radius 1 is 1.39 bits per heavy atom. The number of aromatic amines is 1. The summed E-state index contributed by atoms with van der Waals surface area (Å²) in [6.45, 7) is 0.309. The Morgan fingerprint density at radius 2 is 2.11 bits per heavy atom. The zero-order valence-electron chi connectivity index (χ0n) is 10.2. The second kappa shape index (κ2) is 5.38. The molecule has 18 heavy (non-hydrogen) atoms. The summed E-state index contributed by atoms with van der Waals surface area (Å²) in [7, 11) is -3.54. The summed E-state index contributed by atoms with van der Waals surface area (Å²) in [5.74, 6) is 0. The Labute approximate surface area is 107 Å². The van der Waals surface area contributed by atoms with Crippen molar-refractivity contribution < 1.29 is 13.5 Å². The molecule has 1 aliphatic rings. The summed E-state index contributed by atoms with van der Waals surface area (Å²) in [4.78, 5) is 6.27. The van der Waals surface area contributed by atoms with Gasteiger partial charge >= 0.3 is 0 Å². The molecular formula is C11H19N3O3S. The SMILES string of the molecule is O=S(=O)(NCC1(CO)CCCCC1)c1cnc[nH]1. The molecule has 1 fully saturated rings. The Kier molecular flexibility index (Phi) is 4.04. The fourth-order valence-electron chi connectivity index (χ4n) is 2.41. The highest BCUT2D eigenvalue weighted by Gasteiger charge is 2.33. The van der Waals surface area contributed by atoms with Crippen LogP contribution < -0.4 is 4.72 Å². The van der Waals surface area contributed by atoms with Crippen molar-refractivity contribution in [2.75, 3.05) is 13.2 Å². The van der Waals surface area contributed by atoms with Crippen LogP contribution in [0.4, 0.5) is 0 Å². The van der Waals surface area contributed by atoms with Gasteiger partial charge in [0.15, 0.2) is 5.03 Å². The first-order valence-electron chi connectivity index (χ1n) is 6.17. The second-order valence-corrected chi connectivity index (χ2v) is 6.69. The van der Waals surface area contributed by atoms with Crippen LogP contribution in [-0.2, 0) is 10.0 Å². The quantitative estimate of drug-likeness (QED) is 0.733. The summed E-state index contributed by atoms with van der Waals surface area (Å²) in [5.41, 5.74) is -0.300. The van der Waals surface area contributed by atoms with Crippen molar-refractivity contribution in [1.82, 2.24) is 14.7 Å². The van der Waals surface area contributed by atoms with Crippen molar-refractivity contribution in [3.63, 3.8) is 0 Å². The molecule has 1 aromatic rings. The van der Waals surface area contributed by atoms with Crippen LogP contribution in [-0.4, -0.2) is 36.6 Å². The lowest BCUT2D eigenvalue weighted by Crippen LogP contribution is -2.41. The molecule has 0 spiro atoms. The van der Waals surface area contributed by atoms with Crippen LogP contribution >= 0.6 is 0 Å². The molecule has 102 valence electrons. The lowest BCUT2D eigenvalue weighted by molar-refractivity contribution is 0.0867. The van der Waals surface area contributed by atoms with Crippen molar-refractivity contribution in [2.24, 2.45) is 5.41 Å². The van der Waals surface area contributed by atoms with E-state index in [1.807, 2.05) is 0 Å². The molecule has 1 heterocycles. The maximum absolute atomic E-state index is 11.9. The minimum atomic E-state index is -3.54. The number of imidazole rings is 1. The van der Waals surface area contributed by atoms with Crippen LogP contribution in [0.5, 0.6) is 0 Å². The van der Waals surface area contributed by atoms with E-state index in [-0.39, 0.29) is 23.6 Å². The molecule has 0 bridgehead atoms. The lowest BCUT2D eigenvalue weighted by Gasteiger charge is -2.35. The summed E-state index contributed by atoms with van der Waals surface area (Å²) in [6, 6.07) is 0. The van der Waals surface area contributed by atoms with Crippen LogP contribution in [0.1, 0.15) is 32.1 Å². The number of aliphatic hydroxyl groups excluding tert-OH is 1. The molecule has 0 aliphatic heterocycles. The number of nitrogens with zero attached hydrogens (tertiary/aromatic N) is 1. The van der Waals surface area contributed by atoms with Gasteiger partial charge in [-0.15, -0.1) is 0 Å². The van der Waals surface area contributed by atoms with E-state index in [9.17, 15) is 13.5 Å². The Bertz CT molecular complexity index is 464. The highest BCUT2D eigenvalue weighted by atomic mass is 32.2. The first-order chi connectivity index (χ1) is 8.58. The van der Waals surface area contributed by atoms with E-state index in [1.54, 1.807) is 0 Å². The summed E-state index contributed by atoms with van der Waals surface area (Å²) in [6.07, 6.45) is 7.60. The molecule has 1 aromatic heterocycles. The molecule has 2 rings (SSSR count). The summed E-state index contributed by atoms with van der Waals surface area (Å²) < 4.78 is 26.4. The molecular weight excluding hydrogens is 254 g/mol. The molecule has 7 heteroatoms. The molecule has 0 unspecified atom stereocenters. The molecule has 3 N–H and O–H groups in total. The van der Waals surface area contributed by atoms with Gasteiger partial charge in [0.1, 0.15) is 0 Å². The highest BCUT2D eigenvalue weighted by Crippen LogP contribution is 2.35. The smallest absolute Gasteiger partial charge is 0.257 e. The first kappa shape index (κ1) is 13.5. The van der Waals surface area contributed by atoms with Crippen molar-refractivity contribution in [1.29, 1.82) is 0 Å². The zero-order valence-corrected chi connectivity index (χ0v) is 11.0. The van der Waals surface area contributed by atoms with Gasteiger partial charge in [0.05, 0.1) is 12.5 Å². The van der Waals surface area contributed by atoms with Crippen molar-refractivity contribution >= 4 is 10.0 Å². The third kappa shape index (κ3) is 2.90. The van der Waals surface area contributed by atoms with Gasteiger partial charge in [-0.1, -0.05) is 19.3 Å². The van der Waals surface area contributed by atoms with E-state index in [0.29, 0.717) is 0 Å². The standard InChI is InChI=1S/C11H19N3O3S/c15-8-11(4-2-1-3-5-11)7-14-18(16,17)10-6-12-9-13-10/h6,9,14-15H,1-5,7-8H2,(H,12,13). The van der Waals surface area contributed by atoms with Gasteiger partial charge in [0, 0.05) is 18.6 Å². The molecule has 0 saturated heterocycles. The topological polar surface area (TPSA) is 95.1 Å². The monoisotopic (exact) mass is 273 g/mol. The van der Waals surface area contributed by atoms with E-state index < -0.39 is 10.0 Å². The molecule has 0 amide bonds. The molecule has 6 nitrogen and oxygen atoms in total. The molecule has 1 saturated carbocycles. The Balaban J connectivity index is 2.02. The van der Waals surface area contributed by atoms with Crippen LogP contribution in [0.3, 0.4) is 0 Å². The second-order valence-electron chi connectivity index (χ2n) is 4.96. The minimum Gasteiger partial charge on any atom is -0.396 e. The number of H-pyrrole nitrogens is 1. The maximum Gasteiger partial charge on any atom is 0.257 e. The van der Waals surface area contributed by atoms with Crippen LogP contribution in [0.25, 0.3) is 0 Å². The van der Waals surface area contributed by atoms with Gasteiger partial charge in [-0.2, -0.15) is 0 Å². The van der Waals surface area contributed by atoms with Gasteiger partial charge in [0.25, 0.3) is 10.0 Å². The average Bonchev–Trinajstić information content (AvgIpc) is 2.92. The molecule has 1 aliphatic carbocycles. The Hall–Kier alpha value is -0.920. The van der Waals surface area contributed by atoms with Crippen molar-refractivity contribution in [3.05, 3.63) is 12.5 Å². The number of aliphatic hydroxyl groups is 1. The van der Waals surface area contributed by atoms with Crippen molar-refractivity contribution in [2.45, 2.75) is 37.1 Å². The van der Waals surface area contributed by atoms with E-state index in [1.165, 1.54) is 12.5 Å². The van der Waals surface area contributed by atoms with E-state index in [0.717, 1.165) is 32.1 Å². The van der Waals surface area contributed by atoms with Crippen LogP contribution in [0, 0.1) is 5.41 Å². The number of sulfonamides is 1. The molecule has 0 aromatic carbocycles. The lowest BCUT2D eigenvalue weighted by atomic mass is 9.75. The van der Waals surface area contributed by atoms with E-state index >= 15 is 0 Å². The minimum absolute atomic E-state index is 0.0263. The molecule has 0 radical (unpaired) electrons. The third-order valence-electron chi connectivity index (χ3n) is 3.65. The number of nitrogens with one attached hydrogen (secondary N) is 2. The predicted molar refractivity (Wildman–Crippen MR) is 66.4 cm³/mol. The van der Waals surface area contributed by atoms with E-state index in [2.05, 4.69) is 14.7 Å². The molecule has 0 atom stereocenters. The van der Waals surface area contributed by atoms with E-state index in [4.69, 9.17) is 0 Å². The first-order valence-corrected chi connectivity index (χ1v) is 7.65. The van der Waals surface area contributed by atoms with Crippen LogP contribution in [0.2, 0.25) is 0 Å². The van der Waals surface area contributed by atoms with Gasteiger partial charge in [-0.3, -0.25) is 0 Å². The fourth-order valence-corrected chi connectivity index (χ4v) is 3.47. The zero-order chi connectivity index (χ0) is 13.1. The predicted octanol–water partition coefficient (Wildman–Crippen LogP) is 0.631. The van der Waals surface area contributed by atoms with Gasteiger partial charge in [0.2, 0.25) is 0 Å². The normalized spacial score (nSPS) is 19.8. The Morgan fingerprint density at radius 3 is 2.67 bits per heavy atom.